The molecule has 21 heavy (non-hydrogen) atoms. The van der Waals surface area contributed by atoms with Gasteiger partial charge in [-0.25, -0.2) is 17.9 Å². The van der Waals surface area contributed by atoms with E-state index >= 15 is 0 Å². The third-order valence-corrected chi connectivity index (χ3v) is 6.96. The maximum Gasteiger partial charge on any atom is 0.347 e. The lowest BCUT2D eigenvalue weighted by atomic mass is 9.76. The van der Waals surface area contributed by atoms with Gasteiger partial charge in [0, 0.05) is 6.04 Å². The summed E-state index contributed by atoms with van der Waals surface area (Å²) < 4.78 is 27.7. The summed E-state index contributed by atoms with van der Waals surface area (Å²) in [7, 11) is -3.78. The van der Waals surface area contributed by atoms with Gasteiger partial charge in [0.2, 0.25) is 10.0 Å². The summed E-state index contributed by atoms with van der Waals surface area (Å²) >= 11 is 0.954. The SMILES string of the molecule is Cc1csc(C(=O)O)c1S(=O)(=O)NC1CCC(C)(C)CC1. The first kappa shape index (κ1) is 16.5. The summed E-state index contributed by atoms with van der Waals surface area (Å²) in [6.45, 7) is 5.99. The Bertz CT molecular complexity index is 636. The van der Waals surface area contributed by atoms with Gasteiger partial charge in [-0.3, -0.25) is 0 Å². The van der Waals surface area contributed by atoms with Crippen molar-refractivity contribution >= 4 is 27.3 Å². The first-order valence-electron chi connectivity index (χ1n) is 6.96. The van der Waals surface area contributed by atoms with Gasteiger partial charge in [0.25, 0.3) is 0 Å². The molecule has 118 valence electrons. The Morgan fingerprint density at radius 1 is 1.38 bits per heavy atom. The van der Waals surface area contributed by atoms with Gasteiger partial charge in [-0.2, -0.15) is 0 Å². The second-order valence-electron chi connectivity index (χ2n) is 6.44. The maximum atomic E-state index is 12.5. The topological polar surface area (TPSA) is 83.5 Å². The van der Waals surface area contributed by atoms with E-state index in [1.807, 2.05) is 0 Å². The smallest absolute Gasteiger partial charge is 0.347 e. The molecule has 1 aliphatic carbocycles. The summed E-state index contributed by atoms with van der Waals surface area (Å²) in [4.78, 5) is 11.0. The zero-order valence-electron chi connectivity index (χ0n) is 12.5. The van der Waals surface area contributed by atoms with Crippen molar-refractivity contribution in [2.75, 3.05) is 0 Å². The van der Waals surface area contributed by atoms with E-state index in [-0.39, 0.29) is 21.2 Å². The summed E-state index contributed by atoms with van der Waals surface area (Å²) in [6, 6.07) is -0.107. The minimum Gasteiger partial charge on any atom is -0.477 e. The molecule has 0 atom stereocenters. The van der Waals surface area contributed by atoms with Crippen molar-refractivity contribution < 1.29 is 18.3 Å². The van der Waals surface area contributed by atoms with Gasteiger partial charge in [0.05, 0.1) is 0 Å². The van der Waals surface area contributed by atoms with Crippen LogP contribution in [0.1, 0.15) is 54.8 Å². The monoisotopic (exact) mass is 331 g/mol. The van der Waals surface area contributed by atoms with Crippen molar-refractivity contribution in [1.82, 2.24) is 4.72 Å². The molecule has 5 nitrogen and oxygen atoms in total. The van der Waals surface area contributed by atoms with Crippen LogP contribution < -0.4 is 4.72 Å². The summed E-state index contributed by atoms with van der Waals surface area (Å²) in [5, 5.41) is 10.7. The molecular formula is C14H21NO4S2. The van der Waals surface area contributed by atoms with Crippen LogP contribution in [0.15, 0.2) is 10.3 Å². The van der Waals surface area contributed by atoms with Gasteiger partial charge >= 0.3 is 5.97 Å². The van der Waals surface area contributed by atoms with Crippen LogP contribution in [0.25, 0.3) is 0 Å². The van der Waals surface area contributed by atoms with E-state index in [1.54, 1.807) is 12.3 Å². The van der Waals surface area contributed by atoms with Crippen molar-refractivity contribution in [2.24, 2.45) is 5.41 Å². The molecule has 1 aliphatic rings. The standard InChI is InChI=1S/C14H21NO4S2/c1-9-8-20-11(13(16)17)12(9)21(18,19)15-10-4-6-14(2,3)7-5-10/h8,10,15H,4-7H2,1-3H3,(H,16,17). The zero-order chi connectivity index (χ0) is 15.8. The van der Waals surface area contributed by atoms with E-state index in [9.17, 15) is 13.2 Å². The lowest BCUT2D eigenvalue weighted by Gasteiger charge is -2.34. The van der Waals surface area contributed by atoms with E-state index in [0.29, 0.717) is 5.56 Å². The van der Waals surface area contributed by atoms with Gasteiger partial charge in [-0.1, -0.05) is 13.8 Å². The van der Waals surface area contributed by atoms with Crippen LogP contribution in [0.2, 0.25) is 0 Å². The fraction of sp³-hybridized carbons (Fsp3) is 0.643. The number of nitrogens with one attached hydrogen (secondary N) is 1. The molecule has 0 bridgehead atoms. The molecular weight excluding hydrogens is 310 g/mol. The van der Waals surface area contributed by atoms with Crippen LogP contribution in [-0.2, 0) is 10.0 Å². The second-order valence-corrected chi connectivity index (χ2v) is 8.97. The molecule has 1 saturated carbocycles. The predicted molar refractivity (Wildman–Crippen MR) is 82.4 cm³/mol. The predicted octanol–water partition coefficient (Wildman–Crippen LogP) is 3.00. The molecule has 0 aliphatic heterocycles. The lowest BCUT2D eigenvalue weighted by Crippen LogP contribution is -2.39. The molecule has 2 N–H and O–H groups in total. The molecule has 0 aromatic carbocycles. The summed E-state index contributed by atoms with van der Waals surface area (Å²) in [5.74, 6) is -1.20. The van der Waals surface area contributed by atoms with E-state index in [4.69, 9.17) is 5.11 Å². The highest BCUT2D eigenvalue weighted by Gasteiger charge is 2.32. The number of sulfonamides is 1. The van der Waals surface area contributed by atoms with Crippen LogP contribution >= 0.6 is 11.3 Å². The average Bonchev–Trinajstić information content (AvgIpc) is 2.75. The van der Waals surface area contributed by atoms with Crippen molar-refractivity contribution in [1.29, 1.82) is 0 Å². The largest absolute Gasteiger partial charge is 0.477 e. The molecule has 1 fully saturated rings. The van der Waals surface area contributed by atoms with E-state index in [1.165, 1.54) is 0 Å². The highest BCUT2D eigenvalue weighted by atomic mass is 32.2. The van der Waals surface area contributed by atoms with Crippen molar-refractivity contribution in [3.05, 3.63) is 15.8 Å². The average molecular weight is 331 g/mol. The van der Waals surface area contributed by atoms with Crippen molar-refractivity contribution in [3.63, 3.8) is 0 Å². The number of aryl methyl sites for hydroxylation is 1. The first-order chi connectivity index (χ1) is 9.62. The second kappa shape index (κ2) is 5.70. The summed E-state index contributed by atoms with van der Waals surface area (Å²) in [5.41, 5.74) is 0.743. The Balaban J connectivity index is 2.20. The van der Waals surface area contributed by atoms with Crippen LogP contribution in [0.3, 0.4) is 0 Å². The Hall–Kier alpha value is -0.920. The first-order valence-corrected chi connectivity index (χ1v) is 9.32. The Kier molecular flexibility index (Phi) is 4.46. The number of thiophene rings is 1. The number of hydrogen-bond donors (Lipinski definition) is 2. The van der Waals surface area contributed by atoms with Gasteiger partial charge in [-0.05, 0) is 49.0 Å². The third-order valence-electron chi connectivity index (χ3n) is 4.04. The Morgan fingerprint density at radius 3 is 2.48 bits per heavy atom. The Labute approximate surface area is 129 Å². The number of carbonyl (C=O) groups is 1. The van der Waals surface area contributed by atoms with E-state index in [2.05, 4.69) is 18.6 Å². The molecule has 1 aromatic rings. The highest BCUT2D eigenvalue weighted by Crippen LogP contribution is 2.36. The number of carboxylic acids is 1. The van der Waals surface area contributed by atoms with Gasteiger partial charge < -0.3 is 5.11 Å². The molecule has 0 spiro atoms. The van der Waals surface area contributed by atoms with E-state index in [0.717, 1.165) is 37.0 Å². The van der Waals surface area contributed by atoms with Crippen molar-refractivity contribution in [2.45, 2.75) is 57.4 Å². The van der Waals surface area contributed by atoms with Crippen LogP contribution in [0.4, 0.5) is 0 Å². The Morgan fingerprint density at radius 2 is 1.95 bits per heavy atom. The van der Waals surface area contributed by atoms with Gasteiger partial charge in [0.15, 0.2) is 0 Å². The molecule has 7 heteroatoms. The minimum atomic E-state index is -3.78. The molecule has 2 rings (SSSR count). The lowest BCUT2D eigenvalue weighted by molar-refractivity contribution is 0.0698. The fourth-order valence-corrected chi connectivity index (χ4v) is 5.65. The maximum absolute atomic E-state index is 12.5. The van der Waals surface area contributed by atoms with Crippen LogP contribution in [0.5, 0.6) is 0 Å². The fourth-order valence-electron chi connectivity index (χ4n) is 2.71. The van der Waals surface area contributed by atoms with Crippen LogP contribution in [0, 0.1) is 12.3 Å². The minimum absolute atomic E-state index is 0.0789. The molecule has 0 amide bonds. The van der Waals surface area contributed by atoms with Crippen LogP contribution in [-0.4, -0.2) is 25.5 Å². The van der Waals surface area contributed by atoms with Gasteiger partial charge in [0.1, 0.15) is 9.77 Å². The van der Waals surface area contributed by atoms with Gasteiger partial charge in [-0.15, -0.1) is 11.3 Å². The number of carboxylic acid groups (broad SMARTS) is 1. The molecule has 0 radical (unpaired) electrons. The quantitative estimate of drug-likeness (QED) is 0.888. The number of aromatic carboxylic acids is 1. The number of hydrogen-bond acceptors (Lipinski definition) is 4. The normalized spacial score (nSPS) is 19.6. The highest BCUT2D eigenvalue weighted by molar-refractivity contribution is 7.89. The molecule has 1 aromatic heterocycles. The van der Waals surface area contributed by atoms with E-state index < -0.39 is 16.0 Å². The zero-order valence-corrected chi connectivity index (χ0v) is 14.1. The number of rotatable bonds is 4. The third kappa shape index (κ3) is 3.64. The van der Waals surface area contributed by atoms with Crippen molar-refractivity contribution in [3.8, 4) is 0 Å². The molecule has 0 unspecified atom stereocenters. The summed E-state index contributed by atoms with van der Waals surface area (Å²) in [6.07, 6.45) is 3.51. The molecule has 0 saturated heterocycles. The molecule has 1 heterocycles.